The van der Waals surface area contributed by atoms with E-state index in [1.165, 1.54) is 0 Å². The number of carbonyl (C=O) groups is 1. The fourth-order valence-electron chi connectivity index (χ4n) is 2.43. The molecule has 1 aliphatic rings. The van der Waals surface area contributed by atoms with Gasteiger partial charge in [-0.25, -0.2) is 4.39 Å². The molecule has 0 saturated heterocycles. The maximum absolute atomic E-state index is 13.1. The van der Waals surface area contributed by atoms with E-state index in [2.05, 4.69) is 4.99 Å². The van der Waals surface area contributed by atoms with E-state index in [1.807, 2.05) is 24.3 Å². The highest BCUT2D eigenvalue weighted by atomic mass is 35.5. The third-order valence-electron chi connectivity index (χ3n) is 3.26. The van der Waals surface area contributed by atoms with E-state index in [1.54, 1.807) is 0 Å². The molecule has 4 heteroatoms. The second-order valence-corrected chi connectivity index (χ2v) is 4.86. The Kier molecular flexibility index (Phi) is 4.48. The Labute approximate surface area is 111 Å². The van der Waals surface area contributed by atoms with Gasteiger partial charge in [-0.1, -0.05) is 36.2 Å². The largest absolute Gasteiger partial charge is 0.298 e. The number of aliphatic imine (C=N–C) groups is 1. The summed E-state index contributed by atoms with van der Waals surface area (Å²) in [5, 5.41) is 0.679. The zero-order chi connectivity index (χ0) is 13.0. The maximum Gasteiger partial charge on any atom is 0.245 e. The minimum atomic E-state index is -1.75. The summed E-state index contributed by atoms with van der Waals surface area (Å²) in [6.45, 7) is 0. The Morgan fingerprint density at radius 3 is 2.89 bits per heavy atom. The van der Waals surface area contributed by atoms with Crippen LogP contribution in [0.25, 0.3) is 0 Å². The molecule has 2 nitrogen and oxygen atoms in total. The van der Waals surface area contributed by atoms with Crippen LogP contribution in [-0.2, 0) is 4.79 Å². The molecule has 2 rings (SSSR count). The van der Waals surface area contributed by atoms with Crippen molar-refractivity contribution in [3.63, 3.8) is 0 Å². The number of alkyl halides is 1. The lowest BCUT2D eigenvalue weighted by Crippen LogP contribution is -2.20. The van der Waals surface area contributed by atoms with Crippen molar-refractivity contribution in [1.29, 1.82) is 0 Å². The van der Waals surface area contributed by atoms with Gasteiger partial charge in [0.1, 0.15) is 0 Å². The maximum atomic E-state index is 13.1. The molecule has 0 amide bonds. The number of benzene rings is 1. The molecule has 0 bridgehead atoms. The molecule has 2 unspecified atom stereocenters. The van der Waals surface area contributed by atoms with Crippen LogP contribution in [0.5, 0.6) is 0 Å². The van der Waals surface area contributed by atoms with Crippen LogP contribution in [0, 0.1) is 0 Å². The van der Waals surface area contributed by atoms with Crippen LogP contribution < -0.4 is 0 Å². The Bertz CT molecular complexity index is 461. The predicted octanol–water partition coefficient (Wildman–Crippen LogP) is 3.93. The van der Waals surface area contributed by atoms with Crippen LogP contribution in [0.3, 0.4) is 0 Å². The SMILES string of the molecule is O=CC(F)/N=C1/CCCCC1c1ccccc1Cl. The van der Waals surface area contributed by atoms with Crippen LogP contribution in [-0.4, -0.2) is 18.3 Å². The minimum absolute atomic E-state index is 0.0469. The zero-order valence-corrected chi connectivity index (χ0v) is 10.7. The molecule has 1 fully saturated rings. The molecular weight excluding hydrogens is 253 g/mol. The van der Waals surface area contributed by atoms with Crippen molar-refractivity contribution >= 4 is 23.6 Å². The Hall–Kier alpha value is -1.22. The molecular formula is C14H15ClFNO. The van der Waals surface area contributed by atoms with Gasteiger partial charge in [-0.15, -0.1) is 0 Å². The Balaban J connectivity index is 2.31. The first-order valence-electron chi connectivity index (χ1n) is 6.12. The number of carbonyl (C=O) groups excluding carboxylic acids is 1. The van der Waals surface area contributed by atoms with E-state index in [0.717, 1.165) is 37.0 Å². The quantitative estimate of drug-likeness (QED) is 0.603. The summed E-state index contributed by atoms with van der Waals surface area (Å²) >= 11 is 6.18. The summed E-state index contributed by atoms with van der Waals surface area (Å²) < 4.78 is 13.1. The van der Waals surface area contributed by atoms with Gasteiger partial charge in [0.05, 0.1) is 0 Å². The molecule has 18 heavy (non-hydrogen) atoms. The average molecular weight is 268 g/mol. The van der Waals surface area contributed by atoms with E-state index in [-0.39, 0.29) is 12.2 Å². The van der Waals surface area contributed by atoms with E-state index in [4.69, 9.17) is 11.6 Å². The van der Waals surface area contributed by atoms with Crippen molar-refractivity contribution in [3.05, 3.63) is 34.9 Å². The second-order valence-electron chi connectivity index (χ2n) is 4.45. The van der Waals surface area contributed by atoms with E-state index in [9.17, 15) is 9.18 Å². The molecule has 1 aliphatic carbocycles. The average Bonchev–Trinajstić information content (AvgIpc) is 2.40. The van der Waals surface area contributed by atoms with E-state index < -0.39 is 6.30 Å². The van der Waals surface area contributed by atoms with Gasteiger partial charge in [-0.3, -0.25) is 9.79 Å². The highest BCUT2D eigenvalue weighted by molar-refractivity contribution is 6.31. The van der Waals surface area contributed by atoms with Crippen LogP contribution in [0.1, 0.15) is 37.2 Å². The number of nitrogens with zero attached hydrogens (tertiary/aromatic N) is 1. The van der Waals surface area contributed by atoms with Gasteiger partial charge in [0.2, 0.25) is 6.30 Å². The van der Waals surface area contributed by atoms with Crippen LogP contribution >= 0.6 is 11.6 Å². The Morgan fingerprint density at radius 1 is 1.39 bits per heavy atom. The number of halogens is 2. The number of hydrogen-bond acceptors (Lipinski definition) is 2. The number of hydrogen-bond donors (Lipinski definition) is 0. The number of rotatable bonds is 3. The highest BCUT2D eigenvalue weighted by Gasteiger charge is 2.24. The summed E-state index contributed by atoms with van der Waals surface area (Å²) in [6, 6.07) is 7.56. The Morgan fingerprint density at radius 2 is 2.17 bits per heavy atom. The van der Waals surface area contributed by atoms with E-state index in [0.29, 0.717) is 5.02 Å². The smallest absolute Gasteiger partial charge is 0.245 e. The third-order valence-corrected chi connectivity index (χ3v) is 3.60. The second kappa shape index (κ2) is 6.10. The van der Waals surface area contributed by atoms with Gasteiger partial charge in [0.15, 0.2) is 6.29 Å². The van der Waals surface area contributed by atoms with Gasteiger partial charge >= 0.3 is 0 Å². The molecule has 0 N–H and O–H groups in total. The summed E-state index contributed by atoms with van der Waals surface area (Å²) in [7, 11) is 0. The van der Waals surface area contributed by atoms with Gasteiger partial charge < -0.3 is 0 Å². The molecule has 0 aromatic heterocycles. The van der Waals surface area contributed by atoms with Crippen molar-refractivity contribution in [2.75, 3.05) is 0 Å². The molecule has 0 radical (unpaired) electrons. The van der Waals surface area contributed by atoms with Crippen molar-refractivity contribution in [2.45, 2.75) is 37.9 Å². The summed E-state index contributed by atoms with van der Waals surface area (Å²) in [5.41, 5.74) is 1.74. The summed E-state index contributed by atoms with van der Waals surface area (Å²) in [6.07, 6.45) is 2.20. The first-order valence-corrected chi connectivity index (χ1v) is 6.50. The van der Waals surface area contributed by atoms with Gasteiger partial charge in [-0.05, 0) is 30.9 Å². The lowest BCUT2D eigenvalue weighted by Gasteiger charge is -2.25. The molecule has 1 aromatic carbocycles. The molecule has 0 heterocycles. The molecule has 1 aromatic rings. The van der Waals surface area contributed by atoms with Crippen molar-refractivity contribution < 1.29 is 9.18 Å². The fraction of sp³-hybridized carbons (Fsp3) is 0.429. The molecule has 0 spiro atoms. The standard InChI is InChI=1S/C14H15ClFNO/c15-12-7-3-1-5-10(12)11-6-2-4-8-13(11)17-14(16)9-18/h1,3,5,7,9,11,14H,2,4,6,8H2/b17-13-. The molecule has 1 saturated carbocycles. The summed E-state index contributed by atoms with van der Waals surface area (Å²) in [5.74, 6) is 0.0469. The fourth-order valence-corrected chi connectivity index (χ4v) is 2.70. The lowest BCUT2D eigenvalue weighted by molar-refractivity contribution is -0.111. The van der Waals surface area contributed by atoms with Crippen LogP contribution in [0.4, 0.5) is 4.39 Å². The highest BCUT2D eigenvalue weighted by Crippen LogP contribution is 2.34. The van der Waals surface area contributed by atoms with Crippen molar-refractivity contribution in [1.82, 2.24) is 0 Å². The van der Waals surface area contributed by atoms with Gasteiger partial charge in [0.25, 0.3) is 0 Å². The van der Waals surface area contributed by atoms with Crippen LogP contribution in [0.2, 0.25) is 5.02 Å². The van der Waals surface area contributed by atoms with Crippen molar-refractivity contribution in [3.8, 4) is 0 Å². The van der Waals surface area contributed by atoms with Crippen LogP contribution in [0.15, 0.2) is 29.3 Å². The normalized spacial score (nSPS) is 23.9. The number of aldehydes is 1. The van der Waals surface area contributed by atoms with E-state index >= 15 is 0 Å². The zero-order valence-electron chi connectivity index (χ0n) is 9.98. The lowest BCUT2D eigenvalue weighted by atomic mass is 9.82. The van der Waals surface area contributed by atoms with Gasteiger partial charge in [-0.2, -0.15) is 0 Å². The first kappa shape index (κ1) is 13.2. The molecule has 2 atom stereocenters. The van der Waals surface area contributed by atoms with Crippen molar-refractivity contribution in [2.24, 2.45) is 4.99 Å². The third kappa shape index (κ3) is 2.96. The summed E-state index contributed by atoms with van der Waals surface area (Å²) in [4.78, 5) is 14.3. The molecule has 96 valence electrons. The predicted molar refractivity (Wildman–Crippen MR) is 71.1 cm³/mol. The topological polar surface area (TPSA) is 29.4 Å². The first-order chi connectivity index (χ1) is 8.72. The monoisotopic (exact) mass is 267 g/mol. The molecule has 0 aliphatic heterocycles. The minimum Gasteiger partial charge on any atom is -0.298 e. The van der Waals surface area contributed by atoms with Gasteiger partial charge in [0, 0.05) is 16.7 Å².